The molecular weight excluding hydrogens is 458 g/mol. The molecule has 3 rings (SSSR count). The molecule has 0 saturated carbocycles. The lowest BCUT2D eigenvalue weighted by molar-refractivity contribution is -0.394. The number of hydrogen-bond acceptors (Lipinski definition) is 9. The summed E-state index contributed by atoms with van der Waals surface area (Å²) in [5, 5.41) is 29.5. The predicted molar refractivity (Wildman–Crippen MR) is 116 cm³/mol. The number of hydrogen-bond donors (Lipinski definition) is 1. The summed E-state index contributed by atoms with van der Waals surface area (Å²) in [6.07, 6.45) is 0. The van der Waals surface area contributed by atoms with Gasteiger partial charge in [0, 0.05) is 12.1 Å². The Kier molecular flexibility index (Phi) is 7.00. The molecule has 3 aromatic carbocycles. The summed E-state index contributed by atoms with van der Waals surface area (Å²) in [5.41, 5.74) is 1.50. The highest BCUT2D eigenvalue weighted by molar-refractivity contribution is 6.33. The largest absolute Gasteiger partial charge is 0.363 e. The number of nitro groups is 2. The fourth-order valence-electron chi connectivity index (χ4n) is 2.48. The van der Waals surface area contributed by atoms with E-state index in [0.29, 0.717) is 11.4 Å². The number of non-ortho nitro benzene ring substituents is 2. The zero-order chi connectivity index (χ0) is 24.0. The average Bonchev–Trinajstić information content (AvgIpc) is 2.81. The van der Waals surface area contributed by atoms with E-state index in [9.17, 15) is 29.8 Å². The third-order valence-electron chi connectivity index (χ3n) is 4.05. The van der Waals surface area contributed by atoms with Crippen molar-refractivity contribution in [1.29, 1.82) is 0 Å². The topological polar surface area (TPSA) is 166 Å². The molecule has 12 nitrogen and oxygen atoms in total. The molecule has 1 N–H and O–H groups in total. The first kappa shape index (κ1) is 23.0. The number of halogens is 1. The number of azo groups is 1. The van der Waals surface area contributed by atoms with E-state index in [-0.39, 0.29) is 16.1 Å². The Morgan fingerprint density at radius 2 is 1.52 bits per heavy atom. The summed E-state index contributed by atoms with van der Waals surface area (Å²) in [6, 6.07) is 14.7. The van der Waals surface area contributed by atoms with Crippen LogP contribution in [0.15, 0.2) is 77.0 Å². The lowest BCUT2D eigenvalue weighted by Crippen LogP contribution is -2.11. The Hall–Kier alpha value is -4.71. The Morgan fingerprint density at radius 3 is 2.09 bits per heavy atom. The monoisotopic (exact) mass is 469 g/mol. The van der Waals surface area contributed by atoms with Gasteiger partial charge in [0.1, 0.15) is 0 Å². The minimum atomic E-state index is -1.07. The molecule has 0 aliphatic carbocycles. The van der Waals surface area contributed by atoms with Crippen LogP contribution in [-0.2, 0) is 4.84 Å². The van der Waals surface area contributed by atoms with Gasteiger partial charge in [-0.3, -0.25) is 25.0 Å². The standard InChI is InChI=1S/C20H12ClN5O7/c21-18-4-2-1-3-17(18)19(27)23-22-13-5-7-14(8-6-13)24-33-20(28)12-9-15(25(29)30)11-16(10-12)26(31)32/h1-11,24H. The first-order chi connectivity index (χ1) is 15.7. The van der Waals surface area contributed by atoms with Crippen molar-refractivity contribution < 1.29 is 24.3 Å². The molecule has 33 heavy (non-hydrogen) atoms. The van der Waals surface area contributed by atoms with Crippen LogP contribution in [0.4, 0.5) is 22.7 Å². The summed E-state index contributed by atoms with van der Waals surface area (Å²) >= 11 is 5.94. The minimum absolute atomic E-state index is 0.203. The number of amides is 1. The summed E-state index contributed by atoms with van der Waals surface area (Å²) < 4.78 is 0. The van der Waals surface area contributed by atoms with Crippen molar-refractivity contribution in [1.82, 2.24) is 0 Å². The normalized spacial score (nSPS) is 10.6. The predicted octanol–water partition coefficient (Wildman–Crippen LogP) is 5.26. The molecule has 0 aromatic heterocycles. The van der Waals surface area contributed by atoms with Crippen molar-refractivity contribution in [2.75, 3.05) is 5.48 Å². The molecule has 0 saturated heterocycles. The number of nitrogens with zero attached hydrogens (tertiary/aromatic N) is 4. The van der Waals surface area contributed by atoms with Gasteiger partial charge in [0.25, 0.3) is 17.3 Å². The number of anilines is 1. The number of nitro benzene ring substituents is 2. The Labute approximate surface area is 189 Å². The maximum Gasteiger partial charge on any atom is 0.363 e. The molecule has 0 aliphatic heterocycles. The number of carbonyl (C=O) groups is 2. The van der Waals surface area contributed by atoms with Gasteiger partial charge in [-0.2, -0.15) is 0 Å². The number of rotatable bonds is 7. The van der Waals surface area contributed by atoms with Crippen LogP contribution in [0.25, 0.3) is 0 Å². The Morgan fingerprint density at radius 1 is 0.909 bits per heavy atom. The minimum Gasteiger partial charge on any atom is -0.338 e. The second-order valence-electron chi connectivity index (χ2n) is 6.28. The molecule has 0 atom stereocenters. The van der Waals surface area contributed by atoms with Crippen LogP contribution in [-0.4, -0.2) is 21.7 Å². The molecule has 0 spiro atoms. The van der Waals surface area contributed by atoms with Gasteiger partial charge in [0.05, 0.1) is 43.4 Å². The molecule has 0 bridgehead atoms. The lowest BCUT2D eigenvalue weighted by Gasteiger charge is -2.07. The summed E-state index contributed by atoms with van der Waals surface area (Å²) in [4.78, 5) is 49.2. The van der Waals surface area contributed by atoms with Crippen LogP contribution in [0.2, 0.25) is 5.02 Å². The van der Waals surface area contributed by atoms with E-state index in [2.05, 4.69) is 15.7 Å². The van der Waals surface area contributed by atoms with Crippen molar-refractivity contribution >= 4 is 46.2 Å². The SMILES string of the molecule is O=C(ONc1ccc(N=NC(=O)c2ccccc2Cl)cc1)c1cc([N+](=O)[O-])cc([N+](=O)[O-])c1. The molecule has 0 heterocycles. The van der Waals surface area contributed by atoms with Gasteiger partial charge >= 0.3 is 5.97 Å². The van der Waals surface area contributed by atoms with Gasteiger partial charge in [0.2, 0.25) is 0 Å². The van der Waals surface area contributed by atoms with E-state index in [1.807, 2.05) is 0 Å². The third kappa shape index (κ3) is 5.92. The van der Waals surface area contributed by atoms with Crippen molar-refractivity contribution in [3.8, 4) is 0 Å². The van der Waals surface area contributed by atoms with Crippen LogP contribution in [0.1, 0.15) is 20.7 Å². The zero-order valence-corrected chi connectivity index (χ0v) is 17.1. The molecule has 3 aromatic rings. The smallest absolute Gasteiger partial charge is 0.338 e. The molecule has 166 valence electrons. The lowest BCUT2D eigenvalue weighted by atomic mass is 10.2. The number of carbonyl (C=O) groups excluding carboxylic acids is 2. The van der Waals surface area contributed by atoms with Gasteiger partial charge in [-0.15, -0.1) is 10.2 Å². The van der Waals surface area contributed by atoms with E-state index in [1.165, 1.54) is 30.3 Å². The van der Waals surface area contributed by atoms with E-state index in [1.54, 1.807) is 18.2 Å². The fourth-order valence-corrected chi connectivity index (χ4v) is 2.69. The van der Waals surface area contributed by atoms with Gasteiger partial charge < -0.3 is 4.84 Å². The first-order valence-corrected chi connectivity index (χ1v) is 9.34. The van der Waals surface area contributed by atoms with E-state index in [4.69, 9.17) is 16.4 Å². The van der Waals surface area contributed by atoms with Crippen LogP contribution < -0.4 is 5.48 Å². The molecular formula is C20H12ClN5O7. The van der Waals surface area contributed by atoms with Crippen LogP contribution in [0.5, 0.6) is 0 Å². The fraction of sp³-hybridized carbons (Fsp3) is 0. The van der Waals surface area contributed by atoms with Crippen molar-refractivity contribution in [2.45, 2.75) is 0 Å². The van der Waals surface area contributed by atoms with Gasteiger partial charge in [-0.25, -0.2) is 10.3 Å². The Bertz CT molecular complexity index is 1250. The van der Waals surface area contributed by atoms with Crippen molar-refractivity contribution in [2.24, 2.45) is 10.2 Å². The number of nitrogens with one attached hydrogen (secondary N) is 1. The van der Waals surface area contributed by atoms with Gasteiger partial charge in [-0.1, -0.05) is 23.7 Å². The molecule has 0 unspecified atom stereocenters. The highest BCUT2D eigenvalue weighted by Crippen LogP contribution is 2.24. The second kappa shape index (κ2) is 10.1. The maximum atomic E-state index is 12.2. The van der Waals surface area contributed by atoms with E-state index < -0.39 is 33.1 Å². The van der Waals surface area contributed by atoms with Gasteiger partial charge in [0.15, 0.2) is 0 Å². The summed E-state index contributed by atoms with van der Waals surface area (Å²) in [5.74, 6) is -1.70. The van der Waals surface area contributed by atoms with Crippen LogP contribution in [0, 0.1) is 20.2 Å². The third-order valence-corrected chi connectivity index (χ3v) is 4.38. The molecule has 0 aliphatic rings. The summed E-state index contributed by atoms with van der Waals surface area (Å²) in [7, 11) is 0. The van der Waals surface area contributed by atoms with E-state index >= 15 is 0 Å². The maximum absolute atomic E-state index is 12.2. The number of benzene rings is 3. The highest BCUT2D eigenvalue weighted by Gasteiger charge is 2.21. The average molecular weight is 470 g/mol. The summed E-state index contributed by atoms with van der Waals surface area (Å²) in [6.45, 7) is 0. The van der Waals surface area contributed by atoms with Crippen molar-refractivity contribution in [3.63, 3.8) is 0 Å². The van der Waals surface area contributed by atoms with Crippen molar-refractivity contribution in [3.05, 3.63) is 103 Å². The zero-order valence-electron chi connectivity index (χ0n) is 16.4. The first-order valence-electron chi connectivity index (χ1n) is 8.96. The van der Waals surface area contributed by atoms with Crippen LogP contribution in [0.3, 0.4) is 0 Å². The second-order valence-corrected chi connectivity index (χ2v) is 6.68. The highest BCUT2D eigenvalue weighted by atomic mass is 35.5. The molecule has 0 radical (unpaired) electrons. The quantitative estimate of drug-likeness (QED) is 0.277. The molecule has 1 amide bonds. The van der Waals surface area contributed by atoms with E-state index in [0.717, 1.165) is 18.2 Å². The molecule has 13 heteroatoms. The molecule has 0 fully saturated rings. The Balaban J connectivity index is 1.64. The van der Waals surface area contributed by atoms with Crippen LogP contribution >= 0.6 is 11.6 Å². The van der Waals surface area contributed by atoms with Gasteiger partial charge in [-0.05, 0) is 36.4 Å².